The molecule has 3 aliphatic heterocycles. The van der Waals surface area contributed by atoms with E-state index in [1.807, 2.05) is 11.8 Å². The molecule has 0 N–H and O–H groups in total. The lowest BCUT2D eigenvalue weighted by molar-refractivity contribution is -0.123. The second kappa shape index (κ2) is 12.2. The Hall–Kier alpha value is -3.21. The summed E-state index contributed by atoms with van der Waals surface area (Å²) in [7, 11) is -3.23. The van der Waals surface area contributed by atoms with E-state index < -0.39 is 15.9 Å². The molecule has 1 aromatic heterocycles. The molecule has 42 heavy (non-hydrogen) atoms. The highest BCUT2D eigenvalue weighted by Gasteiger charge is 2.42. The lowest BCUT2D eigenvalue weighted by Crippen LogP contribution is -2.49. The van der Waals surface area contributed by atoms with Crippen molar-refractivity contribution < 1.29 is 17.6 Å². The average molecular weight is 630 g/mol. The Bertz CT molecular complexity index is 1670. The fourth-order valence-electron chi connectivity index (χ4n) is 5.78. The van der Waals surface area contributed by atoms with Crippen molar-refractivity contribution in [2.75, 3.05) is 47.5 Å². The summed E-state index contributed by atoms with van der Waals surface area (Å²) >= 11 is 6.62. The van der Waals surface area contributed by atoms with Crippen molar-refractivity contribution in [3.63, 3.8) is 0 Å². The van der Waals surface area contributed by atoms with E-state index in [0.29, 0.717) is 77.4 Å². The average Bonchev–Trinajstić information content (AvgIpc) is 3.46. The number of halogens is 1. The second-order valence-corrected chi connectivity index (χ2v) is 14.6. The third-order valence-corrected chi connectivity index (χ3v) is 11.1. The zero-order valence-electron chi connectivity index (χ0n) is 23.5. The molecular formula is C29H32FN5O4S3. The summed E-state index contributed by atoms with van der Waals surface area (Å²) in [4.78, 5) is 32.9. The first kappa shape index (κ1) is 30.3. The molecule has 2 aromatic rings. The van der Waals surface area contributed by atoms with Crippen LogP contribution in [-0.4, -0.2) is 71.8 Å². The first-order valence-electron chi connectivity index (χ1n) is 14.0. The van der Waals surface area contributed by atoms with Crippen molar-refractivity contribution in [1.29, 1.82) is 5.26 Å². The molecule has 0 saturated carbocycles. The standard InChI is InChI=1S/C29H32FN5O4S3/c1-3-4-10-34-26(33-13-11-32(12-14-33)24-8-6-5-7-23(24)30)21(19(2)22(17-31)27(34)36)16-25-28(37)35(29(40)41-25)20-9-15-42(38,39)18-20/h5-8,16,20H,3-4,9-15,18H2,1-2H3/b25-16-. The number of nitrogens with zero attached hydrogens (tertiary/aromatic N) is 5. The second-order valence-electron chi connectivity index (χ2n) is 10.7. The molecule has 3 saturated heterocycles. The highest BCUT2D eigenvalue weighted by atomic mass is 32.2. The van der Waals surface area contributed by atoms with Gasteiger partial charge in [-0.1, -0.05) is 49.5 Å². The smallest absolute Gasteiger partial charge is 0.270 e. The summed E-state index contributed by atoms with van der Waals surface area (Å²) < 4.78 is 40.7. The maximum absolute atomic E-state index is 14.5. The van der Waals surface area contributed by atoms with E-state index in [9.17, 15) is 27.7 Å². The van der Waals surface area contributed by atoms with Gasteiger partial charge in [0, 0.05) is 38.3 Å². The van der Waals surface area contributed by atoms with Crippen molar-refractivity contribution >= 4 is 61.6 Å². The number of anilines is 2. The topological polar surface area (TPSA) is 107 Å². The van der Waals surface area contributed by atoms with Gasteiger partial charge in [0.25, 0.3) is 11.5 Å². The number of carbonyl (C=O) groups is 1. The Morgan fingerprint density at radius 1 is 1.17 bits per heavy atom. The molecule has 13 heteroatoms. The van der Waals surface area contributed by atoms with Gasteiger partial charge < -0.3 is 9.80 Å². The molecule has 0 aliphatic carbocycles. The lowest BCUT2D eigenvalue weighted by atomic mass is 10.0. The van der Waals surface area contributed by atoms with E-state index in [1.54, 1.807) is 35.8 Å². The number of pyridine rings is 1. The van der Waals surface area contributed by atoms with Gasteiger partial charge >= 0.3 is 0 Å². The van der Waals surface area contributed by atoms with Crippen LogP contribution in [0.3, 0.4) is 0 Å². The van der Waals surface area contributed by atoms with Gasteiger partial charge in [0.05, 0.1) is 28.1 Å². The maximum Gasteiger partial charge on any atom is 0.270 e. The molecule has 1 amide bonds. The number of carbonyl (C=O) groups excluding carboxylic acids is 1. The normalized spacial score (nSPS) is 21.4. The molecule has 0 spiro atoms. The van der Waals surface area contributed by atoms with E-state index in [1.165, 1.54) is 11.0 Å². The predicted octanol–water partition coefficient (Wildman–Crippen LogP) is 3.68. The molecule has 1 unspecified atom stereocenters. The van der Waals surface area contributed by atoms with Crippen LogP contribution in [0.5, 0.6) is 0 Å². The van der Waals surface area contributed by atoms with Crippen LogP contribution >= 0.6 is 24.0 Å². The van der Waals surface area contributed by atoms with Crippen LogP contribution in [0.4, 0.5) is 15.9 Å². The van der Waals surface area contributed by atoms with Crippen molar-refractivity contribution in [2.45, 2.75) is 45.7 Å². The number of hydrogen-bond donors (Lipinski definition) is 0. The third-order valence-electron chi connectivity index (χ3n) is 8.03. The molecule has 1 aromatic carbocycles. The Morgan fingerprint density at radius 2 is 1.86 bits per heavy atom. The lowest BCUT2D eigenvalue weighted by Gasteiger charge is -2.39. The summed E-state index contributed by atoms with van der Waals surface area (Å²) in [5.41, 5.74) is 1.21. The summed E-state index contributed by atoms with van der Waals surface area (Å²) in [6, 6.07) is 8.19. The minimum atomic E-state index is -3.23. The van der Waals surface area contributed by atoms with Gasteiger partial charge in [-0.15, -0.1) is 0 Å². The van der Waals surface area contributed by atoms with Gasteiger partial charge in [0.2, 0.25) is 0 Å². The number of thiocarbonyl (C=S) groups is 1. The van der Waals surface area contributed by atoms with Gasteiger partial charge in [-0.3, -0.25) is 19.1 Å². The van der Waals surface area contributed by atoms with E-state index in [-0.39, 0.29) is 34.4 Å². The number of piperazine rings is 1. The minimum Gasteiger partial charge on any atom is -0.366 e. The molecule has 9 nitrogen and oxygen atoms in total. The quantitative estimate of drug-likeness (QED) is 0.335. The summed E-state index contributed by atoms with van der Waals surface area (Å²) in [6.45, 7) is 6.14. The molecule has 3 aliphatic rings. The summed E-state index contributed by atoms with van der Waals surface area (Å²) in [6.07, 6.45) is 3.58. The highest BCUT2D eigenvalue weighted by Crippen LogP contribution is 2.38. The molecule has 5 rings (SSSR count). The van der Waals surface area contributed by atoms with Crippen LogP contribution in [-0.2, 0) is 21.2 Å². The Labute approximate surface area is 254 Å². The largest absolute Gasteiger partial charge is 0.366 e. The van der Waals surface area contributed by atoms with Gasteiger partial charge in [-0.25, -0.2) is 12.8 Å². The molecule has 0 radical (unpaired) electrons. The number of sulfone groups is 1. The predicted molar refractivity (Wildman–Crippen MR) is 168 cm³/mol. The zero-order valence-corrected chi connectivity index (χ0v) is 26.0. The van der Waals surface area contributed by atoms with Crippen LogP contribution in [0.2, 0.25) is 0 Å². The Morgan fingerprint density at radius 3 is 2.48 bits per heavy atom. The first-order valence-corrected chi connectivity index (χ1v) is 17.0. The molecule has 222 valence electrons. The van der Waals surface area contributed by atoms with Crippen LogP contribution in [0, 0.1) is 24.1 Å². The Kier molecular flexibility index (Phi) is 8.78. The van der Waals surface area contributed by atoms with Gasteiger partial charge in [0.15, 0.2) is 9.84 Å². The van der Waals surface area contributed by atoms with Gasteiger partial charge in [-0.05, 0) is 43.5 Å². The fraction of sp³-hybridized carbons (Fsp3) is 0.448. The van der Waals surface area contributed by atoms with Crippen molar-refractivity contribution in [3.05, 3.63) is 62.0 Å². The van der Waals surface area contributed by atoms with Crippen LogP contribution < -0.4 is 15.4 Å². The van der Waals surface area contributed by atoms with Crippen molar-refractivity contribution in [2.24, 2.45) is 0 Å². The van der Waals surface area contributed by atoms with Crippen molar-refractivity contribution in [3.8, 4) is 6.07 Å². The Balaban J connectivity index is 1.56. The number of aromatic nitrogens is 1. The zero-order chi connectivity index (χ0) is 30.2. The number of hydrogen-bond acceptors (Lipinski definition) is 9. The van der Waals surface area contributed by atoms with Crippen molar-refractivity contribution in [1.82, 2.24) is 9.47 Å². The number of thioether (sulfide) groups is 1. The number of benzene rings is 1. The van der Waals surface area contributed by atoms with Crippen LogP contribution in [0.1, 0.15) is 42.9 Å². The first-order chi connectivity index (χ1) is 20.1. The molecule has 1 atom stereocenters. The van der Waals surface area contributed by atoms with E-state index in [4.69, 9.17) is 12.2 Å². The SMILES string of the molecule is CCCCn1c(N2CCN(c3ccccc3F)CC2)c(/C=C2\SC(=S)N(C3CCS(=O)(=O)C3)C2=O)c(C)c(C#N)c1=O. The maximum atomic E-state index is 14.5. The molecule has 0 bridgehead atoms. The monoisotopic (exact) mass is 629 g/mol. The summed E-state index contributed by atoms with van der Waals surface area (Å²) in [5, 5.41) is 9.95. The summed E-state index contributed by atoms with van der Waals surface area (Å²) in [5.74, 6) is -0.149. The number of nitriles is 1. The molecule has 4 heterocycles. The van der Waals surface area contributed by atoms with E-state index in [2.05, 4.69) is 11.0 Å². The number of rotatable bonds is 7. The highest BCUT2D eigenvalue weighted by molar-refractivity contribution is 8.26. The van der Waals surface area contributed by atoms with Crippen LogP contribution in [0.15, 0.2) is 34.0 Å². The van der Waals surface area contributed by atoms with Gasteiger partial charge in [0.1, 0.15) is 27.6 Å². The number of para-hydroxylation sites is 1. The molecule has 3 fully saturated rings. The fourth-order valence-corrected chi connectivity index (χ4v) is 8.86. The minimum absolute atomic E-state index is 0.0171. The number of unbranched alkanes of at least 4 members (excludes halogenated alkanes) is 1. The van der Waals surface area contributed by atoms with E-state index in [0.717, 1.165) is 18.2 Å². The molecular weight excluding hydrogens is 598 g/mol. The van der Waals surface area contributed by atoms with E-state index >= 15 is 0 Å². The van der Waals surface area contributed by atoms with Crippen LogP contribution in [0.25, 0.3) is 6.08 Å². The number of amides is 1. The third kappa shape index (κ3) is 5.72. The van der Waals surface area contributed by atoms with Gasteiger partial charge in [-0.2, -0.15) is 5.26 Å².